The third kappa shape index (κ3) is 2.95. The molecule has 4 nitrogen and oxygen atoms in total. The maximum absolute atomic E-state index is 5.82. The van der Waals surface area contributed by atoms with Crippen molar-refractivity contribution in [3.63, 3.8) is 0 Å². The van der Waals surface area contributed by atoms with E-state index in [4.69, 9.17) is 5.84 Å². The van der Waals surface area contributed by atoms with E-state index in [0.29, 0.717) is 0 Å². The highest BCUT2D eigenvalue weighted by Gasteiger charge is 2.22. The van der Waals surface area contributed by atoms with Crippen molar-refractivity contribution in [1.29, 1.82) is 0 Å². The molecule has 0 aliphatic carbocycles. The van der Waals surface area contributed by atoms with E-state index in [1.807, 2.05) is 10.9 Å². The van der Waals surface area contributed by atoms with Gasteiger partial charge >= 0.3 is 0 Å². The van der Waals surface area contributed by atoms with Gasteiger partial charge in [0.15, 0.2) is 0 Å². The zero-order valence-corrected chi connectivity index (χ0v) is 13.9. The van der Waals surface area contributed by atoms with Crippen molar-refractivity contribution in [1.82, 2.24) is 15.2 Å². The molecule has 3 N–H and O–H groups in total. The van der Waals surface area contributed by atoms with Crippen LogP contribution in [-0.2, 0) is 0 Å². The number of nitrogens with one attached hydrogen (secondary N) is 1. The van der Waals surface area contributed by atoms with E-state index in [-0.39, 0.29) is 12.1 Å². The van der Waals surface area contributed by atoms with Gasteiger partial charge < -0.3 is 0 Å². The quantitative estimate of drug-likeness (QED) is 0.664. The average Bonchev–Trinajstić information content (AvgIpc) is 2.72. The predicted molar refractivity (Wildman–Crippen MR) is 85.4 cm³/mol. The van der Waals surface area contributed by atoms with Gasteiger partial charge in [-0.15, -0.1) is 0 Å². The predicted octanol–water partition coefficient (Wildman–Crippen LogP) is 3.40. The fourth-order valence-electron chi connectivity index (χ4n) is 2.54. The molecule has 0 saturated heterocycles. The van der Waals surface area contributed by atoms with Crippen molar-refractivity contribution >= 4 is 15.9 Å². The molecule has 1 atom stereocenters. The van der Waals surface area contributed by atoms with E-state index in [2.05, 4.69) is 72.3 Å². The standard InChI is InChI=1S/C15H21BrN4/c1-9(2)20-15(13(16)8-18-20)14(19-17)12-6-10(3)5-11(4)7-12/h5-9,14,19H,17H2,1-4H3. The summed E-state index contributed by atoms with van der Waals surface area (Å²) in [5.41, 5.74) is 7.57. The Morgan fingerprint density at radius 2 is 1.80 bits per heavy atom. The van der Waals surface area contributed by atoms with Gasteiger partial charge in [-0.25, -0.2) is 5.43 Å². The highest BCUT2D eigenvalue weighted by Crippen LogP contribution is 2.30. The molecule has 0 radical (unpaired) electrons. The van der Waals surface area contributed by atoms with Gasteiger partial charge in [-0.1, -0.05) is 29.3 Å². The number of aryl methyl sites for hydroxylation is 2. The van der Waals surface area contributed by atoms with Crippen molar-refractivity contribution in [3.05, 3.63) is 51.3 Å². The van der Waals surface area contributed by atoms with Crippen LogP contribution in [0.25, 0.3) is 0 Å². The van der Waals surface area contributed by atoms with Crippen molar-refractivity contribution in [2.45, 2.75) is 39.8 Å². The summed E-state index contributed by atoms with van der Waals surface area (Å²) in [7, 11) is 0. The van der Waals surface area contributed by atoms with Crippen LogP contribution >= 0.6 is 15.9 Å². The Morgan fingerprint density at radius 1 is 1.20 bits per heavy atom. The first-order valence-electron chi connectivity index (χ1n) is 6.71. The summed E-state index contributed by atoms with van der Waals surface area (Å²) in [4.78, 5) is 0. The highest BCUT2D eigenvalue weighted by atomic mass is 79.9. The first-order valence-corrected chi connectivity index (χ1v) is 7.50. The molecule has 0 aliphatic heterocycles. The number of nitrogens with two attached hydrogens (primary N) is 1. The van der Waals surface area contributed by atoms with Gasteiger partial charge in [-0.05, 0) is 49.2 Å². The zero-order valence-electron chi connectivity index (χ0n) is 12.3. The van der Waals surface area contributed by atoms with Crippen LogP contribution in [-0.4, -0.2) is 9.78 Å². The zero-order chi connectivity index (χ0) is 14.9. The lowest BCUT2D eigenvalue weighted by molar-refractivity contribution is 0.475. The van der Waals surface area contributed by atoms with Gasteiger partial charge in [0, 0.05) is 6.04 Å². The first kappa shape index (κ1) is 15.2. The Balaban J connectivity index is 2.55. The van der Waals surface area contributed by atoms with Crippen molar-refractivity contribution in [3.8, 4) is 0 Å². The Bertz CT molecular complexity index is 584. The van der Waals surface area contributed by atoms with Gasteiger partial charge in [0.05, 0.1) is 22.4 Å². The normalized spacial score (nSPS) is 12.9. The maximum atomic E-state index is 5.82. The lowest BCUT2D eigenvalue weighted by Gasteiger charge is -2.21. The van der Waals surface area contributed by atoms with E-state index in [9.17, 15) is 0 Å². The van der Waals surface area contributed by atoms with Crippen molar-refractivity contribution in [2.24, 2.45) is 5.84 Å². The van der Waals surface area contributed by atoms with E-state index < -0.39 is 0 Å². The SMILES string of the molecule is Cc1cc(C)cc(C(NN)c2c(Br)cnn2C(C)C)c1. The number of hydrazine groups is 1. The minimum absolute atomic E-state index is 0.0899. The number of benzene rings is 1. The second-order valence-corrected chi connectivity index (χ2v) is 6.29. The fourth-order valence-corrected chi connectivity index (χ4v) is 3.04. The molecule has 1 aromatic heterocycles. The van der Waals surface area contributed by atoms with Crippen LogP contribution in [0.4, 0.5) is 0 Å². The third-order valence-electron chi connectivity index (χ3n) is 3.29. The number of hydrogen-bond acceptors (Lipinski definition) is 3. The summed E-state index contributed by atoms with van der Waals surface area (Å²) in [6, 6.07) is 6.65. The van der Waals surface area contributed by atoms with Crippen LogP contribution in [0.3, 0.4) is 0 Å². The van der Waals surface area contributed by atoms with E-state index in [1.165, 1.54) is 11.1 Å². The van der Waals surface area contributed by atoms with E-state index in [1.54, 1.807) is 0 Å². The molecule has 0 spiro atoms. The minimum Gasteiger partial charge on any atom is -0.271 e. The molecule has 108 valence electrons. The first-order chi connectivity index (χ1) is 9.43. The van der Waals surface area contributed by atoms with Crippen LogP contribution in [0.1, 0.15) is 48.3 Å². The molecular weight excluding hydrogens is 316 g/mol. The van der Waals surface area contributed by atoms with Crippen LogP contribution in [0.5, 0.6) is 0 Å². The largest absolute Gasteiger partial charge is 0.271 e. The monoisotopic (exact) mass is 336 g/mol. The average molecular weight is 337 g/mol. The molecule has 1 heterocycles. The van der Waals surface area contributed by atoms with Crippen LogP contribution < -0.4 is 11.3 Å². The molecule has 0 aliphatic rings. The number of hydrogen-bond donors (Lipinski definition) is 2. The molecule has 0 amide bonds. The molecule has 2 rings (SSSR count). The molecular formula is C15H21BrN4. The maximum Gasteiger partial charge on any atom is 0.0890 e. The number of rotatable bonds is 4. The van der Waals surface area contributed by atoms with Crippen LogP contribution in [0.2, 0.25) is 0 Å². The molecule has 0 fully saturated rings. The summed E-state index contributed by atoms with van der Waals surface area (Å²) in [6.07, 6.45) is 1.82. The highest BCUT2D eigenvalue weighted by molar-refractivity contribution is 9.10. The molecule has 20 heavy (non-hydrogen) atoms. The summed E-state index contributed by atoms with van der Waals surface area (Å²) >= 11 is 3.58. The summed E-state index contributed by atoms with van der Waals surface area (Å²) < 4.78 is 2.96. The Morgan fingerprint density at radius 3 is 2.30 bits per heavy atom. The fraction of sp³-hybridized carbons (Fsp3) is 0.400. The lowest BCUT2D eigenvalue weighted by atomic mass is 9.99. The summed E-state index contributed by atoms with van der Waals surface area (Å²) in [5, 5.41) is 4.43. The number of nitrogens with zero attached hydrogens (tertiary/aromatic N) is 2. The van der Waals surface area contributed by atoms with Crippen LogP contribution in [0, 0.1) is 13.8 Å². The Labute approximate surface area is 128 Å². The lowest BCUT2D eigenvalue weighted by Crippen LogP contribution is -2.31. The number of aromatic nitrogens is 2. The minimum atomic E-state index is -0.0899. The molecule has 1 unspecified atom stereocenters. The van der Waals surface area contributed by atoms with E-state index in [0.717, 1.165) is 15.7 Å². The smallest absolute Gasteiger partial charge is 0.0890 e. The molecule has 5 heteroatoms. The molecule has 1 aromatic carbocycles. The van der Waals surface area contributed by atoms with E-state index >= 15 is 0 Å². The molecule has 0 saturated carbocycles. The van der Waals surface area contributed by atoms with Gasteiger partial charge in [0.1, 0.15) is 0 Å². The molecule has 2 aromatic rings. The topological polar surface area (TPSA) is 55.9 Å². The number of halogens is 1. The van der Waals surface area contributed by atoms with Crippen molar-refractivity contribution < 1.29 is 0 Å². The van der Waals surface area contributed by atoms with Gasteiger partial charge in [0.2, 0.25) is 0 Å². The Hall–Kier alpha value is -1.17. The Kier molecular flexibility index (Phi) is 4.62. The van der Waals surface area contributed by atoms with Crippen LogP contribution in [0.15, 0.2) is 28.9 Å². The van der Waals surface area contributed by atoms with Gasteiger partial charge in [0.25, 0.3) is 0 Å². The van der Waals surface area contributed by atoms with Crippen molar-refractivity contribution in [2.75, 3.05) is 0 Å². The summed E-state index contributed by atoms with van der Waals surface area (Å²) in [6.45, 7) is 8.41. The summed E-state index contributed by atoms with van der Waals surface area (Å²) in [5.74, 6) is 5.82. The second-order valence-electron chi connectivity index (χ2n) is 5.44. The van der Waals surface area contributed by atoms with Gasteiger partial charge in [-0.3, -0.25) is 10.5 Å². The van der Waals surface area contributed by atoms with Gasteiger partial charge in [-0.2, -0.15) is 5.10 Å². The third-order valence-corrected chi connectivity index (χ3v) is 3.90. The molecule has 0 bridgehead atoms. The second kappa shape index (κ2) is 6.08.